The van der Waals surface area contributed by atoms with Gasteiger partial charge in [0.25, 0.3) is 0 Å². The van der Waals surface area contributed by atoms with Gasteiger partial charge in [0.15, 0.2) is 0 Å². The fraction of sp³-hybridized carbons (Fsp3) is 0.917. The lowest BCUT2D eigenvalue weighted by Gasteiger charge is -2.41. The highest BCUT2D eigenvalue weighted by molar-refractivity contribution is 5.74. The van der Waals surface area contributed by atoms with Gasteiger partial charge in [0, 0.05) is 31.2 Å². The molecule has 2 N–H and O–H groups in total. The zero-order chi connectivity index (χ0) is 12.2. The fourth-order valence-corrected chi connectivity index (χ4v) is 2.31. The molecule has 2 amide bonds. The Morgan fingerprint density at radius 1 is 1.38 bits per heavy atom. The second-order valence-electron chi connectivity index (χ2n) is 5.18. The van der Waals surface area contributed by atoms with E-state index in [2.05, 4.69) is 31.4 Å². The van der Waals surface area contributed by atoms with E-state index in [0.29, 0.717) is 12.6 Å². The van der Waals surface area contributed by atoms with E-state index in [-0.39, 0.29) is 11.6 Å². The third-order valence-corrected chi connectivity index (χ3v) is 3.12. The summed E-state index contributed by atoms with van der Waals surface area (Å²) >= 11 is 0. The summed E-state index contributed by atoms with van der Waals surface area (Å²) < 4.78 is 0. The van der Waals surface area contributed by atoms with Crippen molar-refractivity contribution in [3.05, 3.63) is 0 Å². The van der Waals surface area contributed by atoms with Crippen molar-refractivity contribution < 1.29 is 4.79 Å². The molecular weight excluding hydrogens is 202 g/mol. The van der Waals surface area contributed by atoms with Crippen LogP contribution in [0.5, 0.6) is 0 Å². The quantitative estimate of drug-likeness (QED) is 0.768. The number of rotatable bonds is 3. The third-order valence-electron chi connectivity index (χ3n) is 3.12. The second kappa shape index (κ2) is 5.53. The molecule has 0 unspecified atom stereocenters. The Labute approximate surface area is 98.8 Å². The van der Waals surface area contributed by atoms with Gasteiger partial charge < -0.3 is 15.5 Å². The van der Waals surface area contributed by atoms with Crippen molar-refractivity contribution in [1.29, 1.82) is 0 Å². The maximum Gasteiger partial charge on any atom is 0.317 e. The predicted molar refractivity (Wildman–Crippen MR) is 66.6 cm³/mol. The van der Waals surface area contributed by atoms with E-state index in [1.807, 2.05) is 11.8 Å². The number of carbonyl (C=O) groups is 1. The molecule has 4 nitrogen and oxygen atoms in total. The van der Waals surface area contributed by atoms with E-state index in [9.17, 15) is 4.79 Å². The summed E-state index contributed by atoms with van der Waals surface area (Å²) in [6.45, 7) is 10.9. The first kappa shape index (κ1) is 13.3. The highest BCUT2D eigenvalue weighted by atomic mass is 16.2. The summed E-state index contributed by atoms with van der Waals surface area (Å²) in [5.41, 5.74) is 0.192. The molecule has 0 bridgehead atoms. The van der Waals surface area contributed by atoms with Crippen LogP contribution in [0.4, 0.5) is 4.79 Å². The molecule has 0 saturated carbocycles. The summed E-state index contributed by atoms with van der Waals surface area (Å²) in [6.07, 6.45) is 2.06. The van der Waals surface area contributed by atoms with E-state index in [4.69, 9.17) is 0 Å². The highest BCUT2D eigenvalue weighted by Gasteiger charge is 2.31. The monoisotopic (exact) mass is 227 g/mol. The van der Waals surface area contributed by atoms with Gasteiger partial charge >= 0.3 is 6.03 Å². The number of hydrogen-bond acceptors (Lipinski definition) is 2. The van der Waals surface area contributed by atoms with Gasteiger partial charge in [0.2, 0.25) is 0 Å². The summed E-state index contributed by atoms with van der Waals surface area (Å²) in [5, 5.41) is 6.44. The van der Waals surface area contributed by atoms with Crippen molar-refractivity contribution in [1.82, 2.24) is 15.5 Å². The van der Waals surface area contributed by atoms with Gasteiger partial charge in [-0.05, 0) is 26.7 Å². The van der Waals surface area contributed by atoms with Gasteiger partial charge in [-0.15, -0.1) is 0 Å². The first-order chi connectivity index (χ1) is 7.47. The largest absolute Gasteiger partial charge is 0.338 e. The molecule has 1 heterocycles. The molecule has 0 aromatic rings. The Bertz CT molecular complexity index is 232. The van der Waals surface area contributed by atoms with Crippen LogP contribution >= 0.6 is 0 Å². The number of carbonyl (C=O) groups excluding carboxylic acids is 1. The summed E-state index contributed by atoms with van der Waals surface area (Å²) in [6, 6.07) is 0.579. The Balaban J connectivity index is 2.41. The molecule has 0 aliphatic carbocycles. The molecule has 1 saturated heterocycles. The molecule has 0 atom stereocenters. The van der Waals surface area contributed by atoms with Gasteiger partial charge in [-0.2, -0.15) is 0 Å². The van der Waals surface area contributed by atoms with Crippen molar-refractivity contribution in [3.8, 4) is 0 Å². The molecule has 1 aliphatic rings. The molecule has 0 aromatic carbocycles. The first-order valence-electron chi connectivity index (χ1n) is 6.27. The maximum atomic E-state index is 11.6. The van der Waals surface area contributed by atoms with Gasteiger partial charge in [0.05, 0.1) is 0 Å². The van der Waals surface area contributed by atoms with E-state index in [1.165, 1.54) is 0 Å². The molecule has 94 valence electrons. The van der Waals surface area contributed by atoms with Crippen LogP contribution in [0.2, 0.25) is 0 Å². The van der Waals surface area contributed by atoms with Crippen molar-refractivity contribution in [2.45, 2.75) is 52.1 Å². The smallest absolute Gasteiger partial charge is 0.317 e. The van der Waals surface area contributed by atoms with Crippen molar-refractivity contribution in [2.24, 2.45) is 0 Å². The van der Waals surface area contributed by atoms with Crippen molar-refractivity contribution in [2.75, 3.05) is 19.6 Å². The second-order valence-corrected chi connectivity index (χ2v) is 5.18. The number of amides is 2. The predicted octanol–water partition coefficient (Wildman–Crippen LogP) is 1.57. The van der Waals surface area contributed by atoms with E-state index >= 15 is 0 Å². The van der Waals surface area contributed by atoms with Crippen LogP contribution in [0.15, 0.2) is 0 Å². The lowest BCUT2D eigenvalue weighted by molar-refractivity contribution is 0.145. The van der Waals surface area contributed by atoms with Crippen LogP contribution in [0.25, 0.3) is 0 Å². The fourth-order valence-electron chi connectivity index (χ4n) is 2.31. The average Bonchev–Trinajstić information content (AvgIpc) is 2.17. The Morgan fingerprint density at radius 3 is 2.38 bits per heavy atom. The standard InChI is InChI=1S/C12H25N3O/c1-5-13-11(16)15-8-6-12(4,7-9-15)14-10(2)3/h10,14H,5-9H2,1-4H3,(H,13,16). The molecule has 4 heteroatoms. The molecule has 1 rings (SSSR count). The van der Waals surface area contributed by atoms with E-state index in [1.54, 1.807) is 0 Å². The van der Waals surface area contributed by atoms with Gasteiger partial charge in [0.1, 0.15) is 0 Å². The zero-order valence-corrected chi connectivity index (χ0v) is 11.0. The van der Waals surface area contributed by atoms with Gasteiger partial charge in [-0.1, -0.05) is 13.8 Å². The van der Waals surface area contributed by atoms with Gasteiger partial charge in [-0.25, -0.2) is 4.79 Å². The number of urea groups is 1. The highest BCUT2D eigenvalue weighted by Crippen LogP contribution is 2.22. The molecule has 16 heavy (non-hydrogen) atoms. The minimum atomic E-state index is 0.0779. The van der Waals surface area contributed by atoms with Crippen molar-refractivity contribution in [3.63, 3.8) is 0 Å². The van der Waals surface area contributed by atoms with Gasteiger partial charge in [-0.3, -0.25) is 0 Å². The summed E-state index contributed by atoms with van der Waals surface area (Å²) in [4.78, 5) is 13.5. The maximum absolute atomic E-state index is 11.6. The lowest BCUT2D eigenvalue weighted by Crippen LogP contribution is -2.55. The molecule has 0 radical (unpaired) electrons. The SMILES string of the molecule is CCNC(=O)N1CCC(C)(NC(C)C)CC1. The Kier molecular flexibility index (Phi) is 4.59. The summed E-state index contributed by atoms with van der Waals surface area (Å²) in [5.74, 6) is 0. The minimum absolute atomic E-state index is 0.0779. The zero-order valence-electron chi connectivity index (χ0n) is 11.0. The number of nitrogens with zero attached hydrogens (tertiary/aromatic N) is 1. The van der Waals surface area contributed by atoms with E-state index in [0.717, 1.165) is 25.9 Å². The van der Waals surface area contributed by atoms with Crippen LogP contribution in [-0.4, -0.2) is 42.1 Å². The number of nitrogens with one attached hydrogen (secondary N) is 2. The summed E-state index contributed by atoms with van der Waals surface area (Å²) in [7, 11) is 0. The van der Waals surface area contributed by atoms with Crippen molar-refractivity contribution >= 4 is 6.03 Å². The van der Waals surface area contributed by atoms with Crippen LogP contribution in [0.1, 0.15) is 40.5 Å². The molecule has 1 aliphatic heterocycles. The molecular formula is C12H25N3O. The molecule has 0 aromatic heterocycles. The minimum Gasteiger partial charge on any atom is -0.338 e. The third kappa shape index (κ3) is 3.67. The number of hydrogen-bond donors (Lipinski definition) is 2. The van der Waals surface area contributed by atoms with Crippen LogP contribution in [-0.2, 0) is 0 Å². The van der Waals surface area contributed by atoms with Crippen LogP contribution in [0.3, 0.4) is 0 Å². The average molecular weight is 227 g/mol. The van der Waals surface area contributed by atoms with E-state index < -0.39 is 0 Å². The number of likely N-dealkylation sites (tertiary alicyclic amines) is 1. The van der Waals surface area contributed by atoms with Crippen LogP contribution < -0.4 is 10.6 Å². The molecule has 0 spiro atoms. The Hall–Kier alpha value is -0.770. The lowest BCUT2D eigenvalue weighted by atomic mass is 9.89. The molecule has 1 fully saturated rings. The number of piperidine rings is 1. The Morgan fingerprint density at radius 2 is 1.94 bits per heavy atom. The topological polar surface area (TPSA) is 44.4 Å². The first-order valence-corrected chi connectivity index (χ1v) is 6.27. The van der Waals surface area contributed by atoms with Crippen LogP contribution in [0, 0.1) is 0 Å². The normalized spacial score (nSPS) is 19.9.